The van der Waals surface area contributed by atoms with Crippen molar-refractivity contribution in [3.8, 4) is 11.5 Å². The van der Waals surface area contributed by atoms with Gasteiger partial charge in [0, 0.05) is 5.56 Å². The van der Waals surface area contributed by atoms with Crippen molar-refractivity contribution in [1.29, 1.82) is 0 Å². The molecule has 1 heterocycles. The van der Waals surface area contributed by atoms with Gasteiger partial charge in [0.15, 0.2) is 0 Å². The fourth-order valence-electron chi connectivity index (χ4n) is 2.28. The van der Waals surface area contributed by atoms with Crippen LogP contribution in [0.3, 0.4) is 0 Å². The Hall–Kier alpha value is -2.48. The van der Waals surface area contributed by atoms with Crippen LogP contribution in [0.2, 0.25) is 0 Å². The average molecular weight is 365 g/mol. The SMILES string of the molecule is CCOC(=O)C(C)N1C(=O)SC(=Cc2cc(OC)ccc2OC)C1=O. The smallest absolute Gasteiger partial charge is 0.329 e. The predicted octanol–water partition coefficient (Wildman–Crippen LogP) is 2.69. The van der Waals surface area contributed by atoms with Gasteiger partial charge >= 0.3 is 5.97 Å². The zero-order valence-corrected chi connectivity index (χ0v) is 15.2. The number of nitrogens with zero attached hydrogens (tertiary/aromatic N) is 1. The first-order chi connectivity index (χ1) is 11.9. The zero-order chi connectivity index (χ0) is 18.6. The second kappa shape index (κ2) is 8.06. The van der Waals surface area contributed by atoms with Crippen LogP contribution in [0, 0.1) is 0 Å². The molecule has 0 saturated carbocycles. The lowest BCUT2D eigenvalue weighted by atomic mass is 10.1. The molecule has 0 N–H and O–H groups in total. The Morgan fingerprint density at radius 3 is 2.60 bits per heavy atom. The standard InChI is InChI=1S/C17H19NO6S/c1-5-24-16(20)10(2)18-15(19)14(25-17(18)21)9-11-8-12(22-3)6-7-13(11)23-4/h6-10H,5H2,1-4H3. The molecule has 1 unspecified atom stereocenters. The monoisotopic (exact) mass is 365 g/mol. The van der Waals surface area contributed by atoms with Crippen molar-refractivity contribution < 1.29 is 28.6 Å². The van der Waals surface area contributed by atoms with E-state index in [1.165, 1.54) is 21.1 Å². The number of benzene rings is 1. The van der Waals surface area contributed by atoms with Crippen LogP contribution in [0.1, 0.15) is 19.4 Å². The van der Waals surface area contributed by atoms with E-state index in [0.717, 1.165) is 16.7 Å². The summed E-state index contributed by atoms with van der Waals surface area (Å²) in [6, 6.07) is 4.15. The van der Waals surface area contributed by atoms with Crippen LogP contribution in [0.25, 0.3) is 6.08 Å². The van der Waals surface area contributed by atoms with Crippen molar-refractivity contribution in [3.05, 3.63) is 28.7 Å². The van der Waals surface area contributed by atoms with Crippen LogP contribution in [0.15, 0.2) is 23.1 Å². The largest absolute Gasteiger partial charge is 0.497 e. The molecule has 0 spiro atoms. The number of hydrogen-bond acceptors (Lipinski definition) is 7. The third-order valence-electron chi connectivity index (χ3n) is 3.56. The van der Waals surface area contributed by atoms with Gasteiger partial charge < -0.3 is 14.2 Å². The maximum atomic E-state index is 12.6. The summed E-state index contributed by atoms with van der Waals surface area (Å²) in [5.74, 6) is -0.0392. The Labute approximate surface area is 149 Å². The number of thioether (sulfide) groups is 1. The molecule has 7 nitrogen and oxygen atoms in total. The van der Waals surface area contributed by atoms with Gasteiger partial charge in [0.1, 0.15) is 17.5 Å². The summed E-state index contributed by atoms with van der Waals surface area (Å²) in [5, 5.41) is -0.515. The summed E-state index contributed by atoms with van der Waals surface area (Å²) >= 11 is 0.767. The van der Waals surface area contributed by atoms with Crippen LogP contribution < -0.4 is 9.47 Å². The minimum Gasteiger partial charge on any atom is -0.497 e. The van der Waals surface area contributed by atoms with Crippen molar-refractivity contribution in [2.24, 2.45) is 0 Å². The van der Waals surface area contributed by atoms with Gasteiger partial charge in [-0.25, -0.2) is 4.79 Å². The van der Waals surface area contributed by atoms with E-state index >= 15 is 0 Å². The first kappa shape index (κ1) is 18.9. The summed E-state index contributed by atoms with van der Waals surface area (Å²) in [7, 11) is 3.04. The maximum Gasteiger partial charge on any atom is 0.329 e. The normalized spacial score (nSPS) is 17.0. The highest BCUT2D eigenvalue weighted by molar-refractivity contribution is 8.18. The Morgan fingerprint density at radius 1 is 1.28 bits per heavy atom. The van der Waals surface area contributed by atoms with E-state index in [9.17, 15) is 14.4 Å². The number of hydrogen-bond donors (Lipinski definition) is 0. The molecule has 0 aliphatic carbocycles. The lowest BCUT2D eigenvalue weighted by Gasteiger charge is -2.19. The molecule has 0 bridgehead atoms. The molecule has 0 radical (unpaired) electrons. The molecule has 1 fully saturated rings. The number of rotatable bonds is 6. The number of amides is 2. The number of carbonyl (C=O) groups excluding carboxylic acids is 3. The van der Waals surface area contributed by atoms with E-state index < -0.39 is 23.2 Å². The van der Waals surface area contributed by atoms with E-state index in [-0.39, 0.29) is 11.5 Å². The fourth-order valence-corrected chi connectivity index (χ4v) is 3.17. The van der Waals surface area contributed by atoms with Crippen molar-refractivity contribution in [1.82, 2.24) is 4.90 Å². The molecule has 1 saturated heterocycles. The first-order valence-corrected chi connectivity index (χ1v) is 8.40. The highest BCUT2D eigenvalue weighted by Gasteiger charge is 2.41. The Kier molecular flexibility index (Phi) is 6.08. The van der Waals surface area contributed by atoms with Crippen LogP contribution in [-0.2, 0) is 14.3 Å². The molecule has 2 rings (SSSR count). The van der Waals surface area contributed by atoms with Gasteiger partial charge in [-0.05, 0) is 49.9 Å². The number of ether oxygens (including phenoxy) is 3. The summed E-state index contributed by atoms with van der Waals surface area (Å²) in [6.45, 7) is 3.30. The molecule has 134 valence electrons. The predicted molar refractivity (Wildman–Crippen MR) is 93.5 cm³/mol. The van der Waals surface area contributed by atoms with Crippen molar-refractivity contribution in [2.45, 2.75) is 19.9 Å². The van der Waals surface area contributed by atoms with Crippen molar-refractivity contribution in [3.63, 3.8) is 0 Å². The number of imide groups is 1. The van der Waals surface area contributed by atoms with Crippen molar-refractivity contribution in [2.75, 3.05) is 20.8 Å². The lowest BCUT2D eigenvalue weighted by Crippen LogP contribution is -2.42. The van der Waals surface area contributed by atoms with E-state index in [4.69, 9.17) is 14.2 Å². The summed E-state index contributed by atoms with van der Waals surface area (Å²) in [4.78, 5) is 37.7. The van der Waals surface area contributed by atoms with Crippen LogP contribution >= 0.6 is 11.8 Å². The minimum absolute atomic E-state index is 0.177. The topological polar surface area (TPSA) is 82.1 Å². The second-order valence-corrected chi connectivity index (χ2v) is 6.08. The molecule has 1 aromatic carbocycles. The van der Waals surface area contributed by atoms with Gasteiger partial charge in [-0.2, -0.15) is 0 Å². The maximum absolute atomic E-state index is 12.6. The summed E-state index contributed by atoms with van der Waals surface area (Å²) in [6.07, 6.45) is 1.55. The number of methoxy groups -OCH3 is 2. The minimum atomic E-state index is -0.981. The van der Waals surface area contributed by atoms with Gasteiger partial charge in [-0.1, -0.05) is 0 Å². The van der Waals surface area contributed by atoms with Gasteiger partial charge in [0.05, 0.1) is 25.7 Å². The highest BCUT2D eigenvalue weighted by Crippen LogP contribution is 2.36. The highest BCUT2D eigenvalue weighted by atomic mass is 32.2. The molecule has 25 heavy (non-hydrogen) atoms. The molecule has 1 atom stereocenters. The van der Waals surface area contributed by atoms with Crippen LogP contribution in [0.4, 0.5) is 4.79 Å². The Balaban J connectivity index is 2.33. The van der Waals surface area contributed by atoms with Crippen molar-refractivity contribution >= 4 is 35.0 Å². The third kappa shape index (κ3) is 3.96. The number of carbonyl (C=O) groups is 3. The Morgan fingerprint density at radius 2 is 2.00 bits per heavy atom. The molecule has 1 aromatic rings. The van der Waals surface area contributed by atoms with Gasteiger partial charge in [-0.15, -0.1) is 0 Å². The fraction of sp³-hybridized carbons (Fsp3) is 0.353. The van der Waals surface area contributed by atoms with Gasteiger partial charge in [0.2, 0.25) is 0 Å². The first-order valence-electron chi connectivity index (χ1n) is 7.58. The molecule has 0 aromatic heterocycles. The molecule has 2 amide bonds. The molecule has 8 heteroatoms. The molecule has 1 aliphatic heterocycles. The van der Waals surface area contributed by atoms with E-state index in [1.54, 1.807) is 31.2 Å². The molecule has 1 aliphatic rings. The van der Waals surface area contributed by atoms with Crippen LogP contribution in [0.5, 0.6) is 11.5 Å². The zero-order valence-electron chi connectivity index (χ0n) is 14.4. The van der Waals surface area contributed by atoms with E-state index in [2.05, 4.69) is 0 Å². The summed E-state index contributed by atoms with van der Waals surface area (Å²) in [5.41, 5.74) is 0.594. The van der Waals surface area contributed by atoms with Gasteiger partial charge in [0.25, 0.3) is 11.1 Å². The molecular formula is C17H19NO6S. The van der Waals surface area contributed by atoms with E-state index in [1.807, 2.05) is 0 Å². The van der Waals surface area contributed by atoms with E-state index in [0.29, 0.717) is 17.1 Å². The third-order valence-corrected chi connectivity index (χ3v) is 4.45. The molecular weight excluding hydrogens is 346 g/mol. The lowest BCUT2D eigenvalue weighted by molar-refractivity contribution is -0.150. The summed E-state index contributed by atoms with van der Waals surface area (Å²) < 4.78 is 15.3. The van der Waals surface area contributed by atoms with Crippen LogP contribution in [-0.4, -0.2) is 48.9 Å². The number of esters is 1. The quantitative estimate of drug-likeness (QED) is 0.566. The van der Waals surface area contributed by atoms with Gasteiger partial charge in [-0.3, -0.25) is 14.5 Å². The second-order valence-electron chi connectivity index (χ2n) is 5.09. The average Bonchev–Trinajstić information content (AvgIpc) is 2.88. The Bertz CT molecular complexity index is 730.